The second kappa shape index (κ2) is 12.1. The minimum absolute atomic E-state index is 0.0561. The molecule has 3 aliphatic rings. The van der Waals surface area contributed by atoms with E-state index in [0.29, 0.717) is 25.7 Å². The van der Waals surface area contributed by atoms with Gasteiger partial charge in [-0.25, -0.2) is 13.6 Å². The van der Waals surface area contributed by atoms with Crippen LogP contribution in [0.15, 0.2) is 36.4 Å². The average Bonchev–Trinajstić information content (AvgIpc) is 2.91. The zero-order valence-corrected chi connectivity index (χ0v) is 23.4. The zero-order chi connectivity index (χ0) is 29.1. The lowest BCUT2D eigenvalue weighted by molar-refractivity contribution is -0.137. The monoisotopic (exact) mass is 599 g/mol. The van der Waals surface area contributed by atoms with Gasteiger partial charge >= 0.3 is 6.09 Å². The van der Waals surface area contributed by atoms with Crippen molar-refractivity contribution in [2.75, 3.05) is 27.3 Å². The van der Waals surface area contributed by atoms with E-state index in [4.69, 9.17) is 37.4 Å². The number of carbonyl (C=O) groups is 3. The molecule has 0 aromatic heterocycles. The number of fused-ring (bicyclic) bond motifs is 3. The molecule has 216 valence electrons. The van der Waals surface area contributed by atoms with E-state index in [1.807, 2.05) is 0 Å². The van der Waals surface area contributed by atoms with Crippen LogP contribution in [-0.4, -0.2) is 67.3 Å². The first kappa shape index (κ1) is 29.7. The maximum atomic E-state index is 13.7. The van der Waals surface area contributed by atoms with E-state index in [1.165, 1.54) is 29.2 Å². The molecule has 5 rings (SSSR count). The largest absolute Gasteiger partial charge is 0.484 e. The molecule has 3 fully saturated rings. The highest BCUT2D eigenvalue weighted by atomic mass is 35.5. The first-order valence-corrected chi connectivity index (χ1v) is 13.3. The molecule has 3 saturated carbocycles. The van der Waals surface area contributed by atoms with Gasteiger partial charge in [0.05, 0.1) is 15.6 Å². The van der Waals surface area contributed by atoms with Crippen LogP contribution in [0.4, 0.5) is 13.6 Å². The number of ether oxygens (including phenoxy) is 3. The molecular weight excluding hydrogens is 571 g/mol. The summed E-state index contributed by atoms with van der Waals surface area (Å²) in [6.45, 7) is -0.739. The van der Waals surface area contributed by atoms with Gasteiger partial charge in [-0.1, -0.05) is 23.2 Å². The maximum absolute atomic E-state index is 13.7. The van der Waals surface area contributed by atoms with Gasteiger partial charge in [0.25, 0.3) is 11.8 Å². The fraction of sp³-hybridized carbons (Fsp3) is 0.444. The summed E-state index contributed by atoms with van der Waals surface area (Å²) in [7, 11) is 3.09. The van der Waals surface area contributed by atoms with E-state index >= 15 is 0 Å². The normalized spacial score (nSPS) is 23.2. The van der Waals surface area contributed by atoms with Crippen LogP contribution in [-0.2, 0) is 14.3 Å². The number of rotatable bonds is 9. The van der Waals surface area contributed by atoms with Crippen LogP contribution >= 0.6 is 23.2 Å². The lowest BCUT2D eigenvalue weighted by Gasteiger charge is -2.57. The Bertz CT molecular complexity index is 1290. The minimum Gasteiger partial charge on any atom is -0.484 e. The number of halogens is 4. The third kappa shape index (κ3) is 6.87. The van der Waals surface area contributed by atoms with Crippen molar-refractivity contribution in [3.8, 4) is 11.5 Å². The molecule has 3 aliphatic carbocycles. The molecule has 9 nitrogen and oxygen atoms in total. The minimum atomic E-state index is -0.874. The van der Waals surface area contributed by atoms with E-state index in [2.05, 4.69) is 10.6 Å². The molecule has 2 N–H and O–H groups in total. The summed E-state index contributed by atoms with van der Waals surface area (Å²) in [5.74, 6) is -1.92. The van der Waals surface area contributed by atoms with Crippen molar-refractivity contribution in [1.29, 1.82) is 0 Å². The predicted molar refractivity (Wildman–Crippen MR) is 143 cm³/mol. The quantitative estimate of drug-likeness (QED) is 0.440. The lowest BCUT2D eigenvalue weighted by atomic mass is 9.59. The standard InChI is InChI=1S/C27H29Cl2F2N3O6/c1-34(2)25(37)40-22-13-26(32-23(35)14-38-16-3-5-18(28)20(30)11-16)7-9-27(22,10-8-26)33-24(36)15-39-17-4-6-19(29)21(31)12-17/h3-6,11-12,22H,7-10,13-15H2,1-2H3,(H,32,35)(H,33,36)/t22-,26?,27?/m1/s1. The summed E-state index contributed by atoms with van der Waals surface area (Å²) in [6, 6.07) is 7.75. The van der Waals surface area contributed by atoms with Gasteiger partial charge in [-0.3, -0.25) is 9.59 Å². The van der Waals surface area contributed by atoms with Gasteiger partial charge in [0.2, 0.25) is 0 Å². The third-order valence-electron chi connectivity index (χ3n) is 7.21. The topological polar surface area (TPSA) is 106 Å². The number of nitrogens with one attached hydrogen (secondary N) is 2. The summed E-state index contributed by atoms with van der Waals surface area (Å²) in [6.07, 6.45) is 0.785. The second-order valence-electron chi connectivity index (χ2n) is 10.2. The lowest BCUT2D eigenvalue weighted by Crippen LogP contribution is -2.71. The van der Waals surface area contributed by atoms with Crippen molar-refractivity contribution < 1.29 is 37.4 Å². The molecule has 13 heteroatoms. The predicted octanol–water partition coefficient (Wildman–Crippen LogP) is 4.48. The molecule has 0 saturated heterocycles. The summed E-state index contributed by atoms with van der Waals surface area (Å²) in [5, 5.41) is 5.86. The Labute approximate surface area is 240 Å². The van der Waals surface area contributed by atoms with Crippen LogP contribution in [0.3, 0.4) is 0 Å². The van der Waals surface area contributed by atoms with Gasteiger partial charge in [0.15, 0.2) is 13.2 Å². The Morgan fingerprint density at radius 3 is 1.85 bits per heavy atom. The summed E-state index contributed by atoms with van der Waals surface area (Å²) < 4.78 is 44.0. The number of nitrogens with zero attached hydrogens (tertiary/aromatic N) is 1. The van der Waals surface area contributed by atoms with Crippen molar-refractivity contribution in [1.82, 2.24) is 15.5 Å². The Hall–Kier alpha value is -3.31. The Kier molecular flexibility index (Phi) is 8.94. The van der Waals surface area contributed by atoms with Crippen molar-refractivity contribution >= 4 is 41.1 Å². The van der Waals surface area contributed by atoms with E-state index < -0.39 is 46.7 Å². The van der Waals surface area contributed by atoms with Gasteiger partial charge in [0.1, 0.15) is 29.2 Å². The molecule has 1 atom stereocenters. The van der Waals surface area contributed by atoms with Gasteiger partial charge in [-0.15, -0.1) is 0 Å². The SMILES string of the molecule is CN(C)C(=O)O[C@@H]1CC2(NC(=O)COc3ccc(Cl)c(F)c3)CCC1(NC(=O)COc1ccc(Cl)c(F)c1)CC2. The zero-order valence-electron chi connectivity index (χ0n) is 21.9. The van der Waals surface area contributed by atoms with Crippen LogP contribution in [0, 0.1) is 11.6 Å². The van der Waals surface area contributed by atoms with Crippen LogP contribution in [0.2, 0.25) is 10.0 Å². The fourth-order valence-corrected chi connectivity index (χ4v) is 5.33. The first-order chi connectivity index (χ1) is 18.9. The van der Waals surface area contributed by atoms with Crippen LogP contribution in [0.1, 0.15) is 32.1 Å². The van der Waals surface area contributed by atoms with Crippen LogP contribution < -0.4 is 20.1 Å². The molecule has 0 spiro atoms. The molecule has 0 aliphatic heterocycles. The molecular formula is C27H29Cl2F2N3O6. The molecule has 0 unspecified atom stereocenters. The van der Waals surface area contributed by atoms with E-state index in [-0.39, 0.29) is 41.2 Å². The van der Waals surface area contributed by atoms with Crippen LogP contribution in [0.25, 0.3) is 0 Å². The number of carbonyl (C=O) groups excluding carboxylic acids is 3. The number of hydrogen-bond acceptors (Lipinski definition) is 6. The van der Waals surface area contributed by atoms with Gasteiger partial charge in [0, 0.05) is 38.2 Å². The third-order valence-corrected chi connectivity index (χ3v) is 7.83. The highest BCUT2D eigenvalue weighted by molar-refractivity contribution is 6.31. The summed E-state index contributed by atoms with van der Waals surface area (Å²) in [4.78, 5) is 39.4. The number of amides is 3. The van der Waals surface area contributed by atoms with E-state index in [1.54, 1.807) is 14.1 Å². The van der Waals surface area contributed by atoms with Crippen molar-refractivity contribution in [2.24, 2.45) is 0 Å². The smallest absolute Gasteiger partial charge is 0.409 e. The van der Waals surface area contributed by atoms with Gasteiger partial charge in [-0.05, 0) is 49.9 Å². The Balaban J connectivity index is 1.40. The van der Waals surface area contributed by atoms with Gasteiger partial charge < -0.3 is 29.7 Å². The van der Waals surface area contributed by atoms with E-state index in [9.17, 15) is 23.2 Å². The van der Waals surface area contributed by atoms with Crippen LogP contribution in [0.5, 0.6) is 11.5 Å². The van der Waals surface area contributed by atoms with E-state index in [0.717, 1.165) is 12.1 Å². The number of benzene rings is 2. The molecule has 40 heavy (non-hydrogen) atoms. The molecule has 3 amide bonds. The van der Waals surface area contributed by atoms with Crippen molar-refractivity contribution in [3.63, 3.8) is 0 Å². The average molecular weight is 600 g/mol. The molecule has 0 heterocycles. The summed E-state index contributed by atoms with van der Waals surface area (Å²) >= 11 is 11.4. The Morgan fingerprint density at radius 1 is 0.875 bits per heavy atom. The number of hydrogen-bond donors (Lipinski definition) is 2. The molecule has 2 aromatic carbocycles. The van der Waals surface area contributed by atoms with Crippen molar-refractivity contribution in [3.05, 3.63) is 58.1 Å². The van der Waals surface area contributed by atoms with Gasteiger partial charge in [-0.2, -0.15) is 0 Å². The molecule has 0 radical (unpaired) electrons. The highest BCUT2D eigenvalue weighted by Crippen LogP contribution is 2.48. The molecule has 2 bridgehead atoms. The first-order valence-electron chi connectivity index (χ1n) is 12.6. The highest BCUT2D eigenvalue weighted by Gasteiger charge is 2.57. The Morgan fingerprint density at radius 2 is 1.38 bits per heavy atom. The molecule has 2 aromatic rings. The summed E-state index contributed by atoms with van der Waals surface area (Å²) in [5.41, 5.74) is -1.56. The van der Waals surface area contributed by atoms with Crippen molar-refractivity contribution in [2.45, 2.75) is 49.3 Å². The fourth-order valence-electron chi connectivity index (χ4n) is 5.09. The second-order valence-corrected chi connectivity index (χ2v) is 11.0. The maximum Gasteiger partial charge on any atom is 0.409 e.